The van der Waals surface area contributed by atoms with Crippen LogP contribution in [0.4, 0.5) is 22.7 Å². The molecule has 0 radical (unpaired) electrons. The van der Waals surface area contributed by atoms with Gasteiger partial charge < -0.3 is 18.9 Å². The number of aromatic nitrogens is 2. The molecular formula is C62H42N4. The fraction of sp³-hybridized carbons (Fsp3) is 0.0323. The molecule has 1 aliphatic heterocycles. The van der Waals surface area contributed by atoms with Gasteiger partial charge in [-0.05, 0) is 129 Å². The Kier molecular flexibility index (Phi) is 8.07. The summed E-state index contributed by atoms with van der Waals surface area (Å²) in [5, 5.41) is 4.99. The van der Waals surface area contributed by atoms with E-state index in [0.29, 0.717) is 0 Å². The third-order valence-electron chi connectivity index (χ3n) is 14.1. The SMILES string of the molecule is c1ccc(N2CCN(c3ccccc3)c3cc4c(cc32)-c2ccccc2-c2ccccc2-c2ccc(-n3c5ccccc5c5cc(-n6c7ccccc7c7ccccc76)ccc53)cc2-4)cc1. The minimum atomic E-state index is 0.856. The van der Waals surface area contributed by atoms with Crippen LogP contribution >= 0.6 is 0 Å². The fourth-order valence-corrected chi connectivity index (χ4v) is 11.3. The highest BCUT2D eigenvalue weighted by molar-refractivity contribution is 6.13. The number of rotatable bonds is 4. The number of benzene rings is 10. The predicted molar refractivity (Wildman–Crippen MR) is 277 cm³/mol. The van der Waals surface area contributed by atoms with E-state index in [0.717, 1.165) is 24.5 Å². The zero-order chi connectivity index (χ0) is 43.3. The van der Waals surface area contributed by atoms with Gasteiger partial charge >= 0.3 is 0 Å². The Morgan fingerprint density at radius 2 is 0.576 bits per heavy atom. The van der Waals surface area contributed by atoms with Gasteiger partial charge in [-0.1, -0.05) is 146 Å². The minimum absolute atomic E-state index is 0.856. The van der Waals surface area contributed by atoms with Crippen molar-refractivity contribution in [2.75, 3.05) is 22.9 Å². The van der Waals surface area contributed by atoms with Crippen LogP contribution in [0.2, 0.25) is 0 Å². The second kappa shape index (κ2) is 14.5. The Labute approximate surface area is 383 Å². The second-order valence-electron chi connectivity index (χ2n) is 17.6. The zero-order valence-corrected chi connectivity index (χ0v) is 36.1. The van der Waals surface area contributed by atoms with E-state index in [-0.39, 0.29) is 0 Å². The molecule has 10 aromatic carbocycles. The summed E-state index contributed by atoms with van der Waals surface area (Å²) in [6.45, 7) is 1.72. The summed E-state index contributed by atoms with van der Waals surface area (Å²) in [5.41, 5.74) is 21.7. The molecule has 0 amide bonds. The van der Waals surface area contributed by atoms with E-state index in [2.05, 4.69) is 249 Å². The predicted octanol–water partition coefficient (Wildman–Crippen LogP) is 16.2. The highest BCUT2D eigenvalue weighted by atomic mass is 15.3. The Morgan fingerprint density at radius 3 is 1.09 bits per heavy atom. The van der Waals surface area contributed by atoms with Crippen molar-refractivity contribution in [3.8, 4) is 55.9 Å². The molecule has 0 saturated heterocycles. The number of para-hydroxylation sites is 5. The summed E-state index contributed by atoms with van der Waals surface area (Å²) < 4.78 is 4.90. The van der Waals surface area contributed by atoms with E-state index in [9.17, 15) is 0 Å². The van der Waals surface area contributed by atoms with E-state index in [4.69, 9.17) is 0 Å². The minimum Gasteiger partial charge on any atom is -0.338 e. The van der Waals surface area contributed by atoms with Crippen molar-refractivity contribution in [3.05, 3.63) is 231 Å². The van der Waals surface area contributed by atoms with Gasteiger partial charge in [0.1, 0.15) is 0 Å². The highest BCUT2D eigenvalue weighted by Crippen LogP contribution is 2.53. The third-order valence-corrected chi connectivity index (χ3v) is 14.1. The monoisotopic (exact) mass is 842 g/mol. The molecule has 0 atom stereocenters. The van der Waals surface area contributed by atoms with Crippen LogP contribution < -0.4 is 9.80 Å². The van der Waals surface area contributed by atoms with Crippen molar-refractivity contribution in [1.82, 2.24) is 9.13 Å². The average Bonchev–Trinajstić information content (AvgIpc) is 3.90. The number of hydrogen-bond donors (Lipinski definition) is 0. The van der Waals surface area contributed by atoms with E-state index in [1.807, 2.05) is 0 Å². The fourth-order valence-electron chi connectivity index (χ4n) is 11.3. The molecule has 2 aromatic heterocycles. The van der Waals surface area contributed by atoms with Crippen molar-refractivity contribution < 1.29 is 0 Å². The van der Waals surface area contributed by atoms with Crippen LogP contribution in [-0.4, -0.2) is 22.2 Å². The van der Waals surface area contributed by atoms with Gasteiger partial charge in [-0.2, -0.15) is 0 Å². The Bertz CT molecular complexity index is 3840. The smallest absolute Gasteiger partial charge is 0.0659 e. The summed E-state index contributed by atoms with van der Waals surface area (Å²) in [4.78, 5) is 5.02. The molecule has 0 bridgehead atoms. The second-order valence-corrected chi connectivity index (χ2v) is 17.6. The first-order chi connectivity index (χ1) is 32.8. The molecule has 0 fully saturated rings. The van der Waals surface area contributed by atoms with Crippen molar-refractivity contribution in [2.24, 2.45) is 0 Å². The first-order valence-corrected chi connectivity index (χ1v) is 23.0. The maximum atomic E-state index is 2.51. The standard InChI is InChI=1S/C62H42N4/c1-3-17-41(18-4-1)63-35-36-64(42-19-5-2-6-20-42)62-40-55-53-37-43(31-33-49(53)47-23-8-7-21-45(47)46-22-9-10-24-48(46)54(55)39-61(62)63)66-59-30-16-13-27-52(59)56-38-44(32-34-60(56)66)65-57-28-14-11-25-50(57)51-26-12-15-29-58(51)65/h1-34,37-40H,35-36H2. The molecule has 2 aliphatic rings. The molecule has 3 heterocycles. The van der Waals surface area contributed by atoms with E-state index >= 15 is 0 Å². The van der Waals surface area contributed by atoms with Crippen molar-refractivity contribution in [2.45, 2.75) is 0 Å². The summed E-state index contributed by atoms with van der Waals surface area (Å²) in [5.74, 6) is 0. The van der Waals surface area contributed by atoms with Gasteiger partial charge in [0.05, 0.1) is 33.4 Å². The maximum absolute atomic E-state index is 2.51. The molecule has 0 N–H and O–H groups in total. The van der Waals surface area contributed by atoms with Gasteiger partial charge in [-0.25, -0.2) is 0 Å². The summed E-state index contributed by atoms with van der Waals surface area (Å²) >= 11 is 0. The van der Waals surface area contributed by atoms with Gasteiger partial charge in [-0.15, -0.1) is 0 Å². The first-order valence-electron chi connectivity index (χ1n) is 23.0. The van der Waals surface area contributed by atoms with Crippen LogP contribution in [0, 0.1) is 0 Å². The summed E-state index contributed by atoms with van der Waals surface area (Å²) in [6, 6.07) is 85.3. The van der Waals surface area contributed by atoms with Crippen LogP contribution in [0.15, 0.2) is 231 Å². The normalized spacial score (nSPS) is 13.0. The number of anilines is 4. The van der Waals surface area contributed by atoms with Gasteiger partial charge in [0.15, 0.2) is 0 Å². The molecule has 1 aliphatic carbocycles. The summed E-state index contributed by atoms with van der Waals surface area (Å²) in [6.07, 6.45) is 0. The largest absolute Gasteiger partial charge is 0.338 e. The van der Waals surface area contributed by atoms with Gasteiger partial charge in [0, 0.05) is 57.4 Å². The average molecular weight is 843 g/mol. The van der Waals surface area contributed by atoms with Crippen molar-refractivity contribution in [3.63, 3.8) is 0 Å². The quantitative estimate of drug-likeness (QED) is 0.175. The molecule has 310 valence electrons. The van der Waals surface area contributed by atoms with Crippen LogP contribution in [-0.2, 0) is 0 Å². The molecule has 66 heavy (non-hydrogen) atoms. The van der Waals surface area contributed by atoms with E-state index in [1.54, 1.807) is 0 Å². The molecule has 0 unspecified atom stereocenters. The van der Waals surface area contributed by atoms with Crippen LogP contribution in [0.5, 0.6) is 0 Å². The maximum Gasteiger partial charge on any atom is 0.0659 e. The van der Waals surface area contributed by atoms with E-state index < -0.39 is 0 Å². The lowest BCUT2D eigenvalue weighted by Crippen LogP contribution is -2.36. The van der Waals surface area contributed by atoms with Gasteiger partial charge in [0.25, 0.3) is 0 Å². The number of hydrogen-bond acceptors (Lipinski definition) is 2. The zero-order valence-electron chi connectivity index (χ0n) is 36.1. The third kappa shape index (κ3) is 5.45. The Hall–Kier alpha value is -8.60. The van der Waals surface area contributed by atoms with E-state index in [1.165, 1.54) is 111 Å². The molecule has 0 saturated carbocycles. The first kappa shape index (κ1) is 36.8. The number of fused-ring (bicyclic) bond motifs is 15. The van der Waals surface area contributed by atoms with Gasteiger partial charge in [0.2, 0.25) is 0 Å². The van der Waals surface area contributed by atoms with Crippen LogP contribution in [0.25, 0.3) is 99.5 Å². The lowest BCUT2D eigenvalue weighted by molar-refractivity contribution is 0.850. The Morgan fingerprint density at radius 1 is 0.227 bits per heavy atom. The summed E-state index contributed by atoms with van der Waals surface area (Å²) in [7, 11) is 0. The lowest BCUT2D eigenvalue weighted by atomic mass is 9.80. The van der Waals surface area contributed by atoms with Crippen LogP contribution in [0.1, 0.15) is 0 Å². The molecular weight excluding hydrogens is 801 g/mol. The molecule has 4 heteroatoms. The molecule has 4 nitrogen and oxygen atoms in total. The van der Waals surface area contributed by atoms with Crippen LogP contribution in [0.3, 0.4) is 0 Å². The molecule has 14 rings (SSSR count). The Balaban J connectivity index is 1.04. The topological polar surface area (TPSA) is 16.3 Å². The van der Waals surface area contributed by atoms with Crippen molar-refractivity contribution >= 4 is 66.4 Å². The molecule has 12 aromatic rings. The van der Waals surface area contributed by atoms with Crippen molar-refractivity contribution in [1.29, 1.82) is 0 Å². The lowest BCUT2D eigenvalue weighted by Gasteiger charge is -2.40. The molecule has 0 spiro atoms. The number of nitrogens with zero attached hydrogens (tertiary/aromatic N) is 4. The highest BCUT2D eigenvalue weighted by Gasteiger charge is 2.30. The van der Waals surface area contributed by atoms with Gasteiger partial charge in [-0.3, -0.25) is 0 Å².